The van der Waals surface area contributed by atoms with Gasteiger partial charge in [-0.2, -0.15) is 0 Å². The van der Waals surface area contributed by atoms with Gasteiger partial charge in [-0.05, 0) is 12.8 Å². The quantitative estimate of drug-likeness (QED) is 0.0313. The number of hydrogen-bond acceptors (Lipinski definition) is 7. The van der Waals surface area contributed by atoms with Crippen LogP contribution < -0.4 is 5.32 Å². The first kappa shape index (κ1) is 58.0. The van der Waals surface area contributed by atoms with E-state index in [4.69, 9.17) is 13.8 Å². The van der Waals surface area contributed by atoms with Crippen molar-refractivity contribution in [3.8, 4) is 0 Å². The molecule has 0 rings (SSSR count). The van der Waals surface area contributed by atoms with E-state index in [1.807, 2.05) is 0 Å². The van der Waals surface area contributed by atoms with Crippen molar-refractivity contribution in [1.82, 2.24) is 5.32 Å². The number of aliphatic hydroxyl groups excluding tert-OH is 1. The molecule has 9 nitrogen and oxygen atoms in total. The van der Waals surface area contributed by atoms with E-state index < -0.39 is 26.5 Å². The van der Waals surface area contributed by atoms with Crippen molar-refractivity contribution in [2.75, 3.05) is 26.4 Å². The minimum atomic E-state index is -4.41. The molecule has 0 aromatic heterocycles. The number of amides is 1. The molecule has 0 aromatic carbocycles. The van der Waals surface area contributed by atoms with Crippen molar-refractivity contribution in [2.24, 2.45) is 0 Å². The van der Waals surface area contributed by atoms with Crippen molar-refractivity contribution < 1.29 is 37.9 Å². The standard InChI is InChI=1S/C49H98NO8P/c1-3-5-7-9-11-13-15-17-19-20-21-22-23-24-25-26-28-30-32-34-36-38-40-42-49(53)56-45-47(51)46-58-59(54,55)57-44-43-50-48(52)41-39-37-35-33-31-29-27-18-16-14-12-10-8-6-4-2/h47,51H,3-46H2,1-2H3,(H,50,52)(H,54,55). The van der Waals surface area contributed by atoms with Gasteiger partial charge in [-0.25, -0.2) is 4.57 Å². The number of esters is 1. The minimum absolute atomic E-state index is 0.0885. The summed E-state index contributed by atoms with van der Waals surface area (Å²) < 4.78 is 27.0. The molecule has 0 aromatic rings. The molecule has 0 heterocycles. The Kier molecular flexibility index (Phi) is 45.7. The van der Waals surface area contributed by atoms with E-state index in [2.05, 4.69) is 19.2 Å². The molecule has 59 heavy (non-hydrogen) atoms. The van der Waals surface area contributed by atoms with Crippen LogP contribution in [0.4, 0.5) is 0 Å². The average molecular weight is 860 g/mol. The molecule has 0 saturated heterocycles. The Labute approximate surface area is 365 Å². The number of nitrogens with one attached hydrogen (secondary N) is 1. The van der Waals surface area contributed by atoms with Crippen LogP contribution in [0.5, 0.6) is 0 Å². The lowest BCUT2D eigenvalue weighted by molar-refractivity contribution is -0.147. The second kappa shape index (κ2) is 46.5. The molecule has 0 radical (unpaired) electrons. The zero-order chi connectivity index (χ0) is 43.2. The van der Waals surface area contributed by atoms with Crippen molar-refractivity contribution in [3.05, 3.63) is 0 Å². The number of phosphoric acid groups is 1. The minimum Gasteiger partial charge on any atom is -0.463 e. The predicted octanol–water partition coefficient (Wildman–Crippen LogP) is 14.8. The summed E-state index contributed by atoms with van der Waals surface area (Å²) in [4.78, 5) is 34.0. The fraction of sp³-hybridized carbons (Fsp3) is 0.959. The van der Waals surface area contributed by atoms with Crippen LogP contribution in [0.1, 0.15) is 271 Å². The second-order valence-corrected chi connectivity index (χ2v) is 19.0. The van der Waals surface area contributed by atoms with Gasteiger partial charge in [0.05, 0.1) is 13.2 Å². The van der Waals surface area contributed by atoms with Crippen LogP contribution in [0.2, 0.25) is 0 Å². The Morgan fingerprint density at radius 2 is 0.763 bits per heavy atom. The van der Waals surface area contributed by atoms with Gasteiger partial charge < -0.3 is 20.1 Å². The molecule has 0 aliphatic heterocycles. The maximum Gasteiger partial charge on any atom is 0.472 e. The van der Waals surface area contributed by atoms with E-state index in [1.165, 1.54) is 205 Å². The number of hydrogen-bond donors (Lipinski definition) is 3. The van der Waals surface area contributed by atoms with Gasteiger partial charge in [-0.3, -0.25) is 18.6 Å². The van der Waals surface area contributed by atoms with Crippen LogP contribution in [-0.4, -0.2) is 54.3 Å². The number of phosphoric ester groups is 1. The van der Waals surface area contributed by atoms with E-state index in [0.29, 0.717) is 12.8 Å². The molecule has 2 atom stereocenters. The summed E-state index contributed by atoms with van der Waals surface area (Å²) >= 11 is 0. The molecule has 0 aliphatic rings. The Hall–Kier alpha value is -0.990. The van der Waals surface area contributed by atoms with E-state index in [9.17, 15) is 24.2 Å². The summed E-state index contributed by atoms with van der Waals surface area (Å²) in [5.41, 5.74) is 0. The van der Waals surface area contributed by atoms with Gasteiger partial charge in [-0.1, -0.05) is 245 Å². The molecule has 1 amide bonds. The zero-order valence-corrected chi connectivity index (χ0v) is 39.9. The molecule has 3 N–H and O–H groups in total. The molecule has 10 heteroatoms. The number of rotatable bonds is 49. The Morgan fingerprint density at radius 3 is 1.10 bits per heavy atom. The molecule has 2 unspecified atom stereocenters. The zero-order valence-electron chi connectivity index (χ0n) is 39.0. The van der Waals surface area contributed by atoms with E-state index in [1.54, 1.807) is 0 Å². The number of carbonyl (C=O) groups is 2. The van der Waals surface area contributed by atoms with Crippen LogP contribution in [0.15, 0.2) is 0 Å². The van der Waals surface area contributed by atoms with Gasteiger partial charge in [0.2, 0.25) is 5.91 Å². The number of ether oxygens (including phenoxy) is 1. The van der Waals surface area contributed by atoms with Gasteiger partial charge in [-0.15, -0.1) is 0 Å². The van der Waals surface area contributed by atoms with Crippen LogP contribution in [0.25, 0.3) is 0 Å². The summed E-state index contributed by atoms with van der Waals surface area (Å²) in [5, 5.41) is 12.7. The lowest BCUT2D eigenvalue weighted by Gasteiger charge is -2.15. The molecule has 352 valence electrons. The smallest absolute Gasteiger partial charge is 0.463 e. The first-order valence-electron chi connectivity index (χ1n) is 25.5. The van der Waals surface area contributed by atoms with Crippen LogP contribution >= 0.6 is 7.82 Å². The molecular formula is C49H98NO8P. The van der Waals surface area contributed by atoms with Gasteiger partial charge in [0.15, 0.2) is 0 Å². The third-order valence-corrected chi connectivity index (χ3v) is 12.5. The first-order valence-corrected chi connectivity index (χ1v) is 27.0. The van der Waals surface area contributed by atoms with Gasteiger partial charge in [0.25, 0.3) is 0 Å². The fourth-order valence-electron chi connectivity index (χ4n) is 7.68. The molecule has 0 fully saturated rings. The highest BCUT2D eigenvalue weighted by Crippen LogP contribution is 2.42. The van der Waals surface area contributed by atoms with Gasteiger partial charge in [0.1, 0.15) is 12.7 Å². The average Bonchev–Trinajstić information content (AvgIpc) is 3.22. The summed E-state index contributed by atoms with van der Waals surface area (Å²) in [6.07, 6.45) is 49.0. The number of unbranched alkanes of at least 4 members (excludes halogenated alkanes) is 36. The van der Waals surface area contributed by atoms with Crippen LogP contribution in [0.3, 0.4) is 0 Å². The van der Waals surface area contributed by atoms with Crippen molar-refractivity contribution in [1.29, 1.82) is 0 Å². The fourth-order valence-corrected chi connectivity index (χ4v) is 8.44. The highest BCUT2D eigenvalue weighted by molar-refractivity contribution is 7.47. The third kappa shape index (κ3) is 47.9. The first-order chi connectivity index (χ1) is 28.8. The lowest BCUT2D eigenvalue weighted by atomic mass is 10.0. The molecule has 0 bridgehead atoms. The SMILES string of the molecule is CCCCCCCCCCCCCCCCCCCCCCCCCC(=O)OCC(O)COP(=O)(O)OCCNC(=O)CCCCCCCCCCCCCCCCC. The normalized spacial score (nSPS) is 13.1. The summed E-state index contributed by atoms with van der Waals surface area (Å²) in [6.45, 7) is 3.62. The molecular weight excluding hydrogens is 762 g/mol. The van der Waals surface area contributed by atoms with E-state index in [-0.39, 0.29) is 25.7 Å². The Morgan fingerprint density at radius 1 is 0.458 bits per heavy atom. The van der Waals surface area contributed by atoms with Crippen LogP contribution in [-0.2, 0) is 27.9 Å². The predicted molar refractivity (Wildman–Crippen MR) is 248 cm³/mol. The van der Waals surface area contributed by atoms with E-state index >= 15 is 0 Å². The Balaban J connectivity index is 3.49. The number of carbonyl (C=O) groups excluding carboxylic acids is 2. The van der Waals surface area contributed by atoms with Crippen molar-refractivity contribution in [3.63, 3.8) is 0 Å². The maximum atomic E-state index is 12.1. The summed E-state index contributed by atoms with van der Waals surface area (Å²) in [6, 6.07) is 0. The summed E-state index contributed by atoms with van der Waals surface area (Å²) in [7, 11) is -4.41. The number of aliphatic hydroxyl groups is 1. The topological polar surface area (TPSA) is 131 Å². The highest BCUT2D eigenvalue weighted by atomic mass is 31.2. The van der Waals surface area contributed by atoms with Crippen LogP contribution in [0, 0.1) is 0 Å². The lowest BCUT2D eigenvalue weighted by Crippen LogP contribution is -2.27. The largest absolute Gasteiger partial charge is 0.472 e. The van der Waals surface area contributed by atoms with Crippen molar-refractivity contribution >= 4 is 19.7 Å². The molecule has 0 aliphatic carbocycles. The third-order valence-electron chi connectivity index (χ3n) is 11.5. The van der Waals surface area contributed by atoms with Gasteiger partial charge >= 0.3 is 13.8 Å². The van der Waals surface area contributed by atoms with Crippen molar-refractivity contribution in [2.45, 2.75) is 277 Å². The maximum absolute atomic E-state index is 12.1. The van der Waals surface area contributed by atoms with E-state index in [0.717, 1.165) is 38.5 Å². The molecule has 0 saturated carbocycles. The molecule has 0 spiro atoms. The Bertz CT molecular complexity index is 938. The highest BCUT2D eigenvalue weighted by Gasteiger charge is 2.23. The summed E-state index contributed by atoms with van der Waals surface area (Å²) in [5.74, 6) is -0.499. The second-order valence-electron chi connectivity index (χ2n) is 17.5. The monoisotopic (exact) mass is 860 g/mol. The van der Waals surface area contributed by atoms with Gasteiger partial charge in [0, 0.05) is 19.4 Å².